The average molecular weight is 329 g/mol. The van der Waals surface area contributed by atoms with Crippen molar-refractivity contribution in [3.8, 4) is 5.75 Å². The normalized spacial score (nSPS) is 24.0. The molecule has 0 aromatic heterocycles. The summed E-state index contributed by atoms with van der Waals surface area (Å²) in [7, 11) is 4.13. The number of aromatic hydroxyl groups is 1. The molecule has 1 aromatic rings. The Balaban J connectivity index is 2.18. The maximum atomic E-state index is 12.9. The topological polar surface area (TPSA) is 23.5 Å². The van der Waals surface area contributed by atoms with Crippen molar-refractivity contribution in [2.24, 2.45) is 11.8 Å². The molecule has 1 saturated carbocycles. The number of rotatable bonds is 4. The predicted octanol–water partition coefficient (Wildman–Crippen LogP) is 4.71. The van der Waals surface area contributed by atoms with E-state index in [4.69, 9.17) is 0 Å². The monoisotopic (exact) mass is 329 g/mol. The smallest absolute Gasteiger partial charge is 0.419 e. The second-order valence-corrected chi connectivity index (χ2v) is 6.97. The van der Waals surface area contributed by atoms with Gasteiger partial charge in [-0.15, -0.1) is 0 Å². The number of phenolic OH excluding ortho intramolecular Hbond substituents is 1. The second kappa shape index (κ2) is 7.12. The summed E-state index contributed by atoms with van der Waals surface area (Å²) in [6.45, 7) is 2.09. The summed E-state index contributed by atoms with van der Waals surface area (Å²) in [5.74, 6) is 0.0776. The third kappa shape index (κ3) is 4.19. The van der Waals surface area contributed by atoms with E-state index in [-0.39, 0.29) is 5.92 Å². The summed E-state index contributed by atoms with van der Waals surface area (Å²) in [6, 6.07) is 4.39. The predicted molar refractivity (Wildman–Crippen MR) is 85.4 cm³/mol. The molecule has 1 aliphatic carbocycles. The van der Waals surface area contributed by atoms with Gasteiger partial charge in [-0.1, -0.05) is 31.9 Å². The fourth-order valence-corrected chi connectivity index (χ4v) is 3.93. The van der Waals surface area contributed by atoms with Gasteiger partial charge in [-0.3, -0.25) is 0 Å². The van der Waals surface area contributed by atoms with Crippen molar-refractivity contribution in [2.45, 2.75) is 51.2 Å². The van der Waals surface area contributed by atoms with E-state index in [1.807, 2.05) is 0 Å². The van der Waals surface area contributed by atoms with Crippen molar-refractivity contribution in [2.75, 3.05) is 14.1 Å². The van der Waals surface area contributed by atoms with Crippen LogP contribution < -0.4 is 0 Å². The summed E-state index contributed by atoms with van der Waals surface area (Å²) < 4.78 is 38.8. The van der Waals surface area contributed by atoms with E-state index in [1.165, 1.54) is 18.9 Å². The zero-order valence-corrected chi connectivity index (χ0v) is 14.0. The molecule has 0 aliphatic heterocycles. The Labute approximate surface area is 136 Å². The fourth-order valence-electron chi connectivity index (χ4n) is 3.93. The standard InChI is InChI=1S/C18H26F3NO/c1-12(14-8-4-5-10-16(14)22(2)3)11-13-7-6-9-15(17(13)23)18(19,20)21/h6-7,9,12,14,16,23H,4-5,8,10-11H2,1-3H3/t12?,14-,16+/m0/s1. The molecule has 1 fully saturated rings. The van der Waals surface area contributed by atoms with Crippen molar-refractivity contribution in [3.63, 3.8) is 0 Å². The summed E-state index contributed by atoms with van der Waals surface area (Å²) >= 11 is 0. The Bertz CT molecular complexity index is 527. The molecule has 2 rings (SSSR count). The number of nitrogens with zero attached hydrogens (tertiary/aromatic N) is 1. The van der Waals surface area contributed by atoms with Gasteiger partial charge in [-0.05, 0) is 56.8 Å². The second-order valence-electron chi connectivity index (χ2n) is 6.97. The number of benzene rings is 1. The number of alkyl halides is 3. The molecule has 1 aliphatic rings. The van der Waals surface area contributed by atoms with Gasteiger partial charge in [0.1, 0.15) is 5.75 Å². The van der Waals surface area contributed by atoms with Crippen LogP contribution in [0, 0.1) is 11.8 Å². The Kier molecular flexibility index (Phi) is 5.61. The van der Waals surface area contributed by atoms with Gasteiger partial charge in [-0.25, -0.2) is 0 Å². The maximum Gasteiger partial charge on any atom is 0.419 e. The first kappa shape index (κ1) is 18.1. The minimum atomic E-state index is -4.51. The van der Waals surface area contributed by atoms with Crippen LogP contribution in [-0.2, 0) is 12.6 Å². The van der Waals surface area contributed by atoms with Crippen LogP contribution in [-0.4, -0.2) is 30.1 Å². The first-order valence-corrected chi connectivity index (χ1v) is 8.26. The molecule has 0 bridgehead atoms. The van der Waals surface area contributed by atoms with Gasteiger partial charge < -0.3 is 10.0 Å². The number of hydrogen-bond donors (Lipinski definition) is 1. The lowest BCUT2D eigenvalue weighted by molar-refractivity contribution is -0.138. The van der Waals surface area contributed by atoms with Gasteiger partial charge in [0.05, 0.1) is 5.56 Å². The lowest BCUT2D eigenvalue weighted by atomic mass is 9.74. The van der Waals surface area contributed by atoms with E-state index in [0.29, 0.717) is 23.9 Å². The molecule has 0 saturated heterocycles. The molecule has 0 amide bonds. The van der Waals surface area contributed by atoms with E-state index >= 15 is 0 Å². The molecule has 1 unspecified atom stereocenters. The Morgan fingerprint density at radius 3 is 2.48 bits per heavy atom. The molecular formula is C18H26F3NO. The molecule has 0 heterocycles. The third-order valence-corrected chi connectivity index (χ3v) is 5.14. The molecule has 0 radical (unpaired) electrons. The first-order valence-electron chi connectivity index (χ1n) is 8.26. The Morgan fingerprint density at radius 2 is 1.87 bits per heavy atom. The molecular weight excluding hydrogens is 303 g/mol. The van der Waals surface area contributed by atoms with Crippen LogP contribution >= 0.6 is 0 Å². The average Bonchev–Trinajstić information content (AvgIpc) is 2.48. The van der Waals surface area contributed by atoms with Gasteiger partial charge in [0.15, 0.2) is 0 Å². The summed E-state index contributed by atoms with van der Waals surface area (Å²) in [5.41, 5.74) is -0.537. The molecule has 23 heavy (non-hydrogen) atoms. The summed E-state index contributed by atoms with van der Waals surface area (Å²) in [6.07, 6.45) is 0.584. The fraction of sp³-hybridized carbons (Fsp3) is 0.667. The molecule has 2 nitrogen and oxygen atoms in total. The zero-order chi connectivity index (χ0) is 17.2. The van der Waals surface area contributed by atoms with Crippen LogP contribution in [0.25, 0.3) is 0 Å². The lowest BCUT2D eigenvalue weighted by Crippen LogP contribution is -2.41. The van der Waals surface area contributed by atoms with E-state index in [2.05, 4.69) is 25.9 Å². The summed E-state index contributed by atoms with van der Waals surface area (Å²) in [4.78, 5) is 2.23. The molecule has 0 spiro atoms. The maximum absolute atomic E-state index is 12.9. The Morgan fingerprint density at radius 1 is 1.22 bits per heavy atom. The van der Waals surface area contributed by atoms with Crippen molar-refractivity contribution < 1.29 is 18.3 Å². The SMILES string of the molecule is CC(Cc1cccc(C(F)(F)F)c1O)[C@@H]1CCCC[C@H]1N(C)C. The Hall–Kier alpha value is -1.23. The molecule has 1 N–H and O–H groups in total. The zero-order valence-electron chi connectivity index (χ0n) is 14.0. The van der Waals surface area contributed by atoms with Crippen molar-refractivity contribution >= 4 is 0 Å². The van der Waals surface area contributed by atoms with Crippen LogP contribution in [0.5, 0.6) is 5.75 Å². The van der Waals surface area contributed by atoms with Gasteiger partial charge in [0.25, 0.3) is 0 Å². The van der Waals surface area contributed by atoms with Crippen LogP contribution in [0.3, 0.4) is 0 Å². The largest absolute Gasteiger partial charge is 0.507 e. The van der Waals surface area contributed by atoms with E-state index < -0.39 is 17.5 Å². The van der Waals surface area contributed by atoms with E-state index in [0.717, 1.165) is 18.9 Å². The highest BCUT2D eigenvalue weighted by Crippen LogP contribution is 2.40. The van der Waals surface area contributed by atoms with Crippen molar-refractivity contribution in [3.05, 3.63) is 29.3 Å². The molecule has 3 atom stereocenters. The lowest BCUT2D eigenvalue weighted by Gasteiger charge is -2.39. The highest BCUT2D eigenvalue weighted by molar-refractivity contribution is 5.42. The van der Waals surface area contributed by atoms with Crippen molar-refractivity contribution in [1.82, 2.24) is 4.90 Å². The minimum Gasteiger partial charge on any atom is -0.507 e. The van der Waals surface area contributed by atoms with Gasteiger partial charge >= 0.3 is 6.18 Å². The van der Waals surface area contributed by atoms with Crippen LogP contribution in [0.4, 0.5) is 13.2 Å². The van der Waals surface area contributed by atoms with E-state index in [1.54, 1.807) is 6.07 Å². The number of phenols is 1. The van der Waals surface area contributed by atoms with Gasteiger partial charge in [-0.2, -0.15) is 13.2 Å². The van der Waals surface area contributed by atoms with Crippen molar-refractivity contribution in [1.29, 1.82) is 0 Å². The van der Waals surface area contributed by atoms with Gasteiger partial charge in [0, 0.05) is 6.04 Å². The highest BCUT2D eigenvalue weighted by atomic mass is 19.4. The third-order valence-electron chi connectivity index (χ3n) is 5.14. The molecule has 5 heteroatoms. The quantitative estimate of drug-likeness (QED) is 0.865. The molecule has 130 valence electrons. The van der Waals surface area contributed by atoms with Crippen LogP contribution in [0.15, 0.2) is 18.2 Å². The first-order chi connectivity index (χ1) is 10.7. The summed E-state index contributed by atoms with van der Waals surface area (Å²) in [5, 5.41) is 10.0. The number of halogens is 3. The number of hydrogen-bond acceptors (Lipinski definition) is 2. The van der Waals surface area contributed by atoms with Gasteiger partial charge in [0.2, 0.25) is 0 Å². The number of para-hydroxylation sites is 1. The van der Waals surface area contributed by atoms with E-state index in [9.17, 15) is 18.3 Å². The van der Waals surface area contributed by atoms with Crippen LogP contribution in [0.2, 0.25) is 0 Å². The van der Waals surface area contributed by atoms with Crippen LogP contribution in [0.1, 0.15) is 43.7 Å². The molecule has 1 aromatic carbocycles. The minimum absolute atomic E-state index is 0.233. The highest BCUT2D eigenvalue weighted by Gasteiger charge is 2.36.